The molecular weight excluding hydrogens is 949 g/mol. The number of aliphatic hydroxyl groups is 1. The van der Waals surface area contributed by atoms with Crippen LogP contribution >= 0.6 is 11.3 Å². The first-order chi connectivity index (χ1) is 35.2. The van der Waals surface area contributed by atoms with E-state index in [-0.39, 0.29) is 62.0 Å². The number of likely N-dealkylation sites (tertiary alicyclic amines) is 1. The van der Waals surface area contributed by atoms with Gasteiger partial charge in [0, 0.05) is 115 Å². The van der Waals surface area contributed by atoms with Gasteiger partial charge in [-0.3, -0.25) is 19.2 Å². The van der Waals surface area contributed by atoms with Crippen LogP contribution in [0, 0.1) is 24.2 Å². The number of nitrogens with one attached hydrogen (secondary N) is 3. The summed E-state index contributed by atoms with van der Waals surface area (Å²) in [5.41, 5.74) is 6.06. The number of hydrogen-bond donors (Lipinski definition) is 4. The van der Waals surface area contributed by atoms with Crippen LogP contribution in [0.2, 0.25) is 0 Å². The molecule has 1 saturated heterocycles. The zero-order valence-corrected chi connectivity index (χ0v) is 44.6. The van der Waals surface area contributed by atoms with Gasteiger partial charge in [-0.25, -0.2) is 9.97 Å². The van der Waals surface area contributed by atoms with Gasteiger partial charge in [0.2, 0.25) is 23.7 Å². The topological polar surface area (TPSA) is 207 Å². The normalized spacial score (nSPS) is 16.2. The number of nitrogens with zero attached hydrogens (tertiary/aromatic N) is 5. The van der Waals surface area contributed by atoms with Crippen LogP contribution in [0.1, 0.15) is 102 Å². The summed E-state index contributed by atoms with van der Waals surface area (Å²) < 4.78 is 23.1. The van der Waals surface area contributed by atoms with Crippen LogP contribution in [0.3, 0.4) is 0 Å². The van der Waals surface area contributed by atoms with Gasteiger partial charge in [0.05, 0.1) is 28.8 Å². The molecule has 0 spiro atoms. The summed E-state index contributed by atoms with van der Waals surface area (Å²) in [6.07, 6.45) is 8.18. The Bertz CT molecular complexity index is 2360. The Hall–Kier alpha value is -5.53. The summed E-state index contributed by atoms with van der Waals surface area (Å²) in [4.78, 5) is 70.9. The van der Waals surface area contributed by atoms with E-state index in [9.17, 15) is 24.3 Å². The molecule has 2 aromatic carbocycles. The molecule has 2 aliphatic rings. The van der Waals surface area contributed by atoms with E-state index in [0.29, 0.717) is 65.1 Å². The van der Waals surface area contributed by atoms with Crippen molar-refractivity contribution >= 4 is 52.3 Å². The van der Waals surface area contributed by atoms with Gasteiger partial charge in [-0.1, -0.05) is 58.4 Å². The molecule has 0 bridgehead atoms. The Labute approximate surface area is 435 Å². The number of carbonyl (C=O) groups excluding carboxylic acids is 4. The van der Waals surface area contributed by atoms with Gasteiger partial charge >= 0.3 is 0 Å². The molecule has 0 unspecified atom stereocenters. The molecule has 6 rings (SSSR count). The molecule has 1 aliphatic carbocycles. The van der Waals surface area contributed by atoms with Gasteiger partial charge in [0.25, 0.3) is 0 Å². The molecule has 18 heteroatoms. The van der Waals surface area contributed by atoms with Crippen LogP contribution < -0.4 is 20.7 Å². The molecule has 3 heterocycles. The highest BCUT2D eigenvalue weighted by Gasteiger charge is 2.44. The van der Waals surface area contributed by atoms with E-state index in [2.05, 4.69) is 32.8 Å². The molecule has 2 fully saturated rings. The van der Waals surface area contributed by atoms with Gasteiger partial charge in [0.15, 0.2) is 5.78 Å². The lowest BCUT2D eigenvalue weighted by atomic mass is 9.77. The third kappa shape index (κ3) is 17.8. The highest BCUT2D eigenvalue weighted by molar-refractivity contribution is 7.13. The minimum absolute atomic E-state index is 0.0236. The van der Waals surface area contributed by atoms with Crippen molar-refractivity contribution in [2.75, 3.05) is 83.6 Å². The molecule has 1 aliphatic heterocycles. The van der Waals surface area contributed by atoms with Crippen molar-refractivity contribution in [3.8, 4) is 16.2 Å². The fourth-order valence-corrected chi connectivity index (χ4v) is 9.50. The first-order valence-electron chi connectivity index (χ1n) is 26.0. The number of unbranched alkanes of at least 4 members (excludes halogenated alkanes) is 1. The Morgan fingerprint density at radius 2 is 1.59 bits per heavy atom. The predicted octanol–water partition coefficient (Wildman–Crippen LogP) is 7.77. The van der Waals surface area contributed by atoms with Gasteiger partial charge in [-0.15, -0.1) is 11.3 Å². The van der Waals surface area contributed by atoms with Crippen LogP contribution in [0.15, 0.2) is 60.2 Å². The smallest absolute Gasteiger partial charge is 0.243 e. The van der Waals surface area contributed by atoms with E-state index in [0.717, 1.165) is 89.5 Å². The third-order valence-electron chi connectivity index (χ3n) is 13.4. The average molecular weight is 1030 g/mol. The third-order valence-corrected chi connectivity index (χ3v) is 14.3. The van der Waals surface area contributed by atoms with Crippen LogP contribution in [-0.4, -0.2) is 138 Å². The maximum atomic E-state index is 14.0. The number of likely N-dealkylation sites (N-methyl/N-ethyl adjacent to an activating group) is 1. The summed E-state index contributed by atoms with van der Waals surface area (Å²) in [5.74, 6) is 0.917. The molecular formula is C55H78N8O9S. The lowest BCUT2D eigenvalue weighted by Crippen LogP contribution is -2.50. The second-order valence-electron chi connectivity index (χ2n) is 20.2. The number of β-amino-alcohol motifs (C(OH)–C–C–N with tert-alkyl or cyclic N) is 1. The zero-order chi connectivity index (χ0) is 52.2. The maximum absolute atomic E-state index is 14.0. The highest BCUT2D eigenvalue weighted by Crippen LogP contribution is 2.34. The molecule has 4 aromatic rings. The molecule has 2 aromatic heterocycles. The predicted molar refractivity (Wildman–Crippen MR) is 284 cm³/mol. The van der Waals surface area contributed by atoms with E-state index >= 15 is 0 Å². The van der Waals surface area contributed by atoms with E-state index in [1.54, 1.807) is 11.3 Å². The summed E-state index contributed by atoms with van der Waals surface area (Å²) in [7, 11) is 1.87. The monoisotopic (exact) mass is 1030 g/mol. The molecule has 3 atom stereocenters. The first-order valence-corrected chi connectivity index (χ1v) is 26.9. The van der Waals surface area contributed by atoms with Gasteiger partial charge < -0.3 is 49.8 Å². The van der Waals surface area contributed by atoms with E-state index in [1.807, 2.05) is 99.9 Å². The van der Waals surface area contributed by atoms with Gasteiger partial charge in [-0.05, 0) is 86.3 Å². The summed E-state index contributed by atoms with van der Waals surface area (Å²) in [5, 5.41) is 20.2. The minimum atomic E-state index is -0.832. The average Bonchev–Trinajstić information content (AvgIpc) is 3.98. The highest BCUT2D eigenvalue weighted by atomic mass is 32.1. The Balaban J connectivity index is 0.772. The standard InChI is InChI=1S/C55H78N8O9S/c1-7-40-34-58-54(61-50(40)56-23-24-62(6)52(67)42-13-10-14-42)60-43-19-21-46(22-20-43)72-30-12-28-70-26-9-8-25-69-27-11-29-71-36-45(65)31-47(55(3,4)5)53(68)63-35-44(64)32-48(63)51(66)57-33-39-15-17-41(18-16-39)49-38(2)59-37-73-49/h15-22,34,37,42,44,47-48,64H,7-14,23-33,35-36H2,1-6H3,(H,57,66)(H2,56,58,60,61)/t44-,47-,48+/m0/s1. The van der Waals surface area contributed by atoms with Gasteiger partial charge in [0.1, 0.15) is 24.2 Å². The number of ketones is 1. The number of aryl methyl sites for hydroxylation is 2. The number of benzene rings is 2. The molecule has 4 N–H and O–H groups in total. The quantitative estimate of drug-likeness (QED) is 0.0356. The number of ether oxygens (including phenoxy) is 4. The number of Topliss-reactive ketones (excluding diaryl/α,β-unsaturated/α-hetero) is 1. The SMILES string of the molecule is CCc1cnc(Nc2ccc(OCCCOCCCCOCCCOCC(=O)C[C@@H](C(=O)N3C[C@@H](O)C[C@@H]3C(=O)NCc3ccc(-c4scnc4C)cc3)C(C)(C)C)cc2)nc1NCCN(C)C(=O)C1CCC1. The van der Waals surface area contributed by atoms with Crippen molar-refractivity contribution in [2.24, 2.45) is 17.3 Å². The number of thiazole rings is 1. The fraction of sp³-hybridized carbons (Fsp3) is 0.582. The Morgan fingerprint density at radius 1 is 0.904 bits per heavy atom. The van der Waals surface area contributed by atoms with Crippen molar-refractivity contribution in [3.63, 3.8) is 0 Å². The van der Waals surface area contributed by atoms with Crippen molar-refractivity contribution in [1.29, 1.82) is 0 Å². The molecule has 3 amide bonds. The number of carbonyl (C=O) groups is 4. The molecule has 398 valence electrons. The second kappa shape index (κ2) is 28.8. The van der Waals surface area contributed by atoms with Crippen molar-refractivity contribution in [2.45, 2.75) is 118 Å². The fourth-order valence-electron chi connectivity index (χ4n) is 8.69. The number of amides is 3. The molecule has 0 radical (unpaired) electrons. The number of rotatable bonds is 31. The second-order valence-corrected chi connectivity index (χ2v) is 21.0. The van der Waals surface area contributed by atoms with Crippen LogP contribution in [0.5, 0.6) is 5.75 Å². The summed E-state index contributed by atoms with van der Waals surface area (Å²) in [6.45, 7) is 14.4. The Morgan fingerprint density at radius 3 is 2.23 bits per heavy atom. The minimum Gasteiger partial charge on any atom is -0.494 e. The summed E-state index contributed by atoms with van der Waals surface area (Å²) >= 11 is 1.58. The Kier molecular flexibility index (Phi) is 22.4. The lowest BCUT2D eigenvalue weighted by molar-refractivity contribution is -0.146. The number of aliphatic hydroxyl groups excluding tert-OH is 1. The molecule has 17 nitrogen and oxygen atoms in total. The van der Waals surface area contributed by atoms with Crippen molar-refractivity contribution < 1.29 is 43.2 Å². The van der Waals surface area contributed by atoms with Crippen molar-refractivity contribution in [1.82, 2.24) is 30.1 Å². The number of hydrogen-bond acceptors (Lipinski definition) is 15. The van der Waals surface area contributed by atoms with Crippen LogP contribution in [0.25, 0.3) is 10.4 Å². The van der Waals surface area contributed by atoms with E-state index in [4.69, 9.17) is 23.9 Å². The summed E-state index contributed by atoms with van der Waals surface area (Å²) in [6, 6.07) is 14.8. The van der Waals surface area contributed by atoms with E-state index < -0.39 is 23.5 Å². The van der Waals surface area contributed by atoms with Crippen molar-refractivity contribution in [3.05, 3.63) is 77.1 Å². The number of anilines is 3. The number of aromatic nitrogens is 3. The first kappa shape index (κ1) is 56.8. The maximum Gasteiger partial charge on any atom is 0.243 e. The van der Waals surface area contributed by atoms with E-state index in [1.165, 1.54) is 4.90 Å². The zero-order valence-electron chi connectivity index (χ0n) is 43.8. The van der Waals surface area contributed by atoms with Crippen LogP contribution in [-0.2, 0) is 46.4 Å². The molecule has 1 saturated carbocycles. The van der Waals surface area contributed by atoms with Crippen LogP contribution in [0.4, 0.5) is 17.5 Å². The lowest BCUT2D eigenvalue weighted by Gasteiger charge is -2.34. The largest absolute Gasteiger partial charge is 0.494 e. The molecule has 73 heavy (non-hydrogen) atoms. The van der Waals surface area contributed by atoms with Gasteiger partial charge in [-0.2, -0.15) is 4.98 Å².